The van der Waals surface area contributed by atoms with Crippen molar-refractivity contribution in [1.29, 1.82) is 5.26 Å². The fourth-order valence-corrected chi connectivity index (χ4v) is 2.42. The Labute approximate surface area is 134 Å². The first-order valence-corrected chi connectivity index (χ1v) is 7.22. The van der Waals surface area contributed by atoms with Crippen molar-refractivity contribution in [3.63, 3.8) is 0 Å². The first kappa shape index (κ1) is 16.6. The maximum absolute atomic E-state index is 12.5. The van der Waals surface area contributed by atoms with Gasteiger partial charge >= 0.3 is 0 Å². The maximum atomic E-state index is 12.5. The van der Waals surface area contributed by atoms with Crippen LogP contribution in [0.1, 0.15) is 5.56 Å². The second kappa shape index (κ2) is 7.45. The summed E-state index contributed by atoms with van der Waals surface area (Å²) in [4.78, 5) is 24.3. The molecule has 1 aromatic rings. The van der Waals surface area contributed by atoms with Gasteiger partial charge in [0.15, 0.2) is 11.7 Å². The van der Waals surface area contributed by atoms with E-state index in [2.05, 4.69) is 11.9 Å². The highest BCUT2D eigenvalue weighted by molar-refractivity contribution is 6.05. The Morgan fingerprint density at radius 1 is 1.61 bits per heavy atom. The van der Waals surface area contributed by atoms with Gasteiger partial charge in [-0.25, -0.2) is 0 Å². The number of methoxy groups -OCH3 is 1. The maximum Gasteiger partial charge on any atom is 0.245 e. The molecule has 0 aliphatic carbocycles. The molecule has 6 nitrogen and oxygen atoms in total. The molecule has 6 heteroatoms. The molecule has 0 saturated carbocycles. The SMILES string of the molecule is C=CCNC(=O)[C@@H](C#N)C(=O)[C@H]1COc2cc(OC)ccc2C1. The average Bonchev–Trinajstić information content (AvgIpc) is 2.59. The third-order valence-corrected chi connectivity index (χ3v) is 3.68. The van der Waals surface area contributed by atoms with E-state index in [4.69, 9.17) is 14.7 Å². The summed E-state index contributed by atoms with van der Waals surface area (Å²) in [7, 11) is 1.57. The molecule has 1 heterocycles. The zero-order valence-electron chi connectivity index (χ0n) is 12.9. The molecule has 0 saturated heterocycles. The van der Waals surface area contributed by atoms with Crippen LogP contribution in [-0.4, -0.2) is 32.0 Å². The Kier molecular flexibility index (Phi) is 5.36. The Hall–Kier alpha value is -2.81. The fraction of sp³-hybridized carbons (Fsp3) is 0.353. The second-order valence-corrected chi connectivity index (χ2v) is 5.18. The van der Waals surface area contributed by atoms with Crippen LogP contribution in [0, 0.1) is 23.2 Å². The molecule has 0 bridgehead atoms. The summed E-state index contributed by atoms with van der Waals surface area (Å²) in [6.45, 7) is 3.84. The van der Waals surface area contributed by atoms with Crippen molar-refractivity contribution in [3.05, 3.63) is 36.4 Å². The highest BCUT2D eigenvalue weighted by Gasteiger charge is 2.35. The van der Waals surface area contributed by atoms with Crippen molar-refractivity contribution in [3.8, 4) is 17.6 Å². The van der Waals surface area contributed by atoms with Gasteiger partial charge in [-0.1, -0.05) is 12.1 Å². The molecule has 2 rings (SSSR count). The minimum atomic E-state index is -1.33. The van der Waals surface area contributed by atoms with Crippen LogP contribution in [0.4, 0.5) is 0 Å². The van der Waals surface area contributed by atoms with Gasteiger partial charge in [-0.15, -0.1) is 6.58 Å². The van der Waals surface area contributed by atoms with E-state index >= 15 is 0 Å². The lowest BCUT2D eigenvalue weighted by molar-refractivity contribution is -0.134. The Balaban J connectivity index is 2.10. The first-order valence-electron chi connectivity index (χ1n) is 7.22. The van der Waals surface area contributed by atoms with Crippen LogP contribution in [0.15, 0.2) is 30.9 Å². The topological polar surface area (TPSA) is 88.4 Å². The number of fused-ring (bicyclic) bond motifs is 1. The van der Waals surface area contributed by atoms with Crippen molar-refractivity contribution in [2.24, 2.45) is 11.8 Å². The molecule has 23 heavy (non-hydrogen) atoms. The number of nitriles is 1. The largest absolute Gasteiger partial charge is 0.497 e. The van der Waals surface area contributed by atoms with Gasteiger partial charge in [0.05, 0.1) is 25.7 Å². The van der Waals surface area contributed by atoms with Crippen LogP contribution >= 0.6 is 0 Å². The van der Waals surface area contributed by atoms with E-state index in [9.17, 15) is 9.59 Å². The van der Waals surface area contributed by atoms with Crippen molar-refractivity contribution >= 4 is 11.7 Å². The van der Waals surface area contributed by atoms with Gasteiger partial charge < -0.3 is 14.8 Å². The number of Topliss-reactive ketones (excluding diaryl/α,β-unsaturated/α-hetero) is 1. The Morgan fingerprint density at radius 2 is 2.39 bits per heavy atom. The van der Waals surface area contributed by atoms with Crippen LogP contribution in [-0.2, 0) is 16.0 Å². The molecular weight excluding hydrogens is 296 g/mol. The van der Waals surface area contributed by atoms with Crippen LogP contribution in [0.5, 0.6) is 11.5 Å². The van der Waals surface area contributed by atoms with E-state index in [1.807, 2.05) is 6.07 Å². The summed E-state index contributed by atoms with van der Waals surface area (Å²) in [6, 6.07) is 7.15. The number of carbonyl (C=O) groups is 2. The summed E-state index contributed by atoms with van der Waals surface area (Å²) in [6.07, 6.45) is 1.93. The molecule has 120 valence electrons. The van der Waals surface area contributed by atoms with Crippen LogP contribution in [0.2, 0.25) is 0 Å². The molecular formula is C17H18N2O4. The summed E-state index contributed by atoms with van der Waals surface area (Å²) >= 11 is 0. The quantitative estimate of drug-likeness (QED) is 0.631. The van der Waals surface area contributed by atoms with E-state index in [-0.39, 0.29) is 13.2 Å². The lowest BCUT2D eigenvalue weighted by Gasteiger charge is -2.25. The van der Waals surface area contributed by atoms with E-state index in [1.165, 1.54) is 6.08 Å². The zero-order chi connectivity index (χ0) is 16.8. The number of hydrogen-bond acceptors (Lipinski definition) is 5. The van der Waals surface area contributed by atoms with Crippen molar-refractivity contribution in [2.45, 2.75) is 6.42 Å². The summed E-state index contributed by atoms with van der Waals surface area (Å²) in [5, 5.41) is 11.6. The van der Waals surface area contributed by atoms with E-state index in [0.717, 1.165) is 5.56 Å². The van der Waals surface area contributed by atoms with E-state index in [1.54, 1.807) is 25.3 Å². The minimum Gasteiger partial charge on any atom is -0.497 e. The Morgan fingerprint density at radius 3 is 3.04 bits per heavy atom. The predicted molar refractivity (Wildman–Crippen MR) is 83.0 cm³/mol. The molecule has 0 radical (unpaired) electrons. The highest BCUT2D eigenvalue weighted by atomic mass is 16.5. The molecule has 0 spiro atoms. The van der Waals surface area contributed by atoms with E-state index in [0.29, 0.717) is 17.9 Å². The van der Waals surface area contributed by atoms with E-state index < -0.39 is 23.5 Å². The smallest absolute Gasteiger partial charge is 0.245 e. The molecule has 1 aliphatic rings. The number of rotatable bonds is 6. The molecule has 0 fully saturated rings. The summed E-state index contributed by atoms with van der Waals surface area (Å²) in [5.41, 5.74) is 0.860. The average molecular weight is 314 g/mol. The minimum absolute atomic E-state index is 0.145. The van der Waals surface area contributed by atoms with Gasteiger partial charge in [0.25, 0.3) is 0 Å². The number of amides is 1. The molecule has 2 atom stereocenters. The number of nitrogens with zero attached hydrogens (tertiary/aromatic N) is 1. The van der Waals surface area contributed by atoms with Gasteiger partial charge in [-0.3, -0.25) is 9.59 Å². The monoisotopic (exact) mass is 314 g/mol. The summed E-state index contributed by atoms with van der Waals surface area (Å²) in [5.74, 6) is -1.53. The molecule has 1 amide bonds. The number of benzene rings is 1. The van der Waals surface area contributed by atoms with Gasteiger partial charge in [-0.2, -0.15) is 5.26 Å². The van der Waals surface area contributed by atoms with Gasteiger partial charge in [0.1, 0.15) is 11.5 Å². The molecule has 0 unspecified atom stereocenters. The molecule has 1 aromatic carbocycles. The highest BCUT2D eigenvalue weighted by Crippen LogP contribution is 2.32. The second-order valence-electron chi connectivity index (χ2n) is 5.18. The normalized spacial score (nSPS) is 17.0. The Bertz CT molecular complexity index is 663. The van der Waals surface area contributed by atoms with Crippen molar-refractivity contribution in [1.82, 2.24) is 5.32 Å². The lowest BCUT2D eigenvalue weighted by atomic mass is 9.87. The molecule has 1 N–H and O–H groups in total. The van der Waals surface area contributed by atoms with Gasteiger partial charge in [0, 0.05) is 12.6 Å². The third-order valence-electron chi connectivity index (χ3n) is 3.68. The number of ketones is 1. The standard InChI is InChI=1S/C17H18N2O4/c1-3-6-19-17(21)14(9-18)16(20)12-7-11-4-5-13(22-2)8-15(11)23-10-12/h3-5,8,12,14H,1,6-7,10H2,2H3,(H,19,21)/t12-,14+/m1/s1. The number of nitrogens with one attached hydrogen (secondary N) is 1. The third kappa shape index (κ3) is 3.69. The first-order chi connectivity index (χ1) is 11.1. The van der Waals surface area contributed by atoms with Gasteiger partial charge in [0.2, 0.25) is 5.91 Å². The van der Waals surface area contributed by atoms with Crippen molar-refractivity contribution in [2.75, 3.05) is 20.3 Å². The molecule has 1 aliphatic heterocycles. The van der Waals surface area contributed by atoms with Crippen LogP contribution < -0.4 is 14.8 Å². The number of ether oxygens (including phenoxy) is 2. The zero-order valence-corrected chi connectivity index (χ0v) is 12.9. The van der Waals surface area contributed by atoms with Crippen LogP contribution in [0.25, 0.3) is 0 Å². The predicted octanol–water partition coefficient (Wildman–Crippen LogP) is 1.26. The summed E-state index contributed by atoms with van der Waals surface area (Å²) < 4.78 is 10.7. The number of carbonyl (C=O) groups excluding carboxylic acids is 2. The number of hydrogen-bond donors (Lipinski definition) is 1. The molecule has 0 aromatic heterocycles. The van der Waals surface area contributed by atoms with Gasteiger partial charge in [-0.05, 0) is 18.1 Å². The fourth-order valence-electron chi connectivity index (χ4n) is 2.42. The van der Waals surface area contributed by atoms with Crippen LogP contribution in [0.3, 0.4) is 0 Å². The van der Waals surface area contributed by atoms with Crippen molar-refractivity contribution < 1.29 is 19.1 Å². The lowest BCUT2D eigenvalue weighted by Crippen LogP contribution is -2.40.